The van der Waals surface area contributed by atoms with Gasteiger partial charge in [0.1, 0.15) is 6.04 Å². The number of aliphatic hydroxyl groups is 2. The zero-order chi connectivity index (χ0) is 22.2. The number of fused-ring (bicyclic) bond motifs is 1. The van der Waals surface area contributed by atoms with Crippen LogP contribution >= 0.6 is 0 Å². The number of hydrogen-bond donors (Lipinski definition) is 2. The first-order chi connectivity index (χ1) is 14.8. The molecule has 0 aliphatic carbocycles. The van der Waals surface area contributed by atoms with Gasteiger partial charge in [0.05, 0.1) is 60.9 Å². The van der Waals surface area contributed by atoms with Gasteiger partial charge in [-0.1, -0.05) is 6.92 Å². The Morgan fingerprint density at radius 2 is 1.87 bits per heavy atom. The van der Waals surface area contributed by atoms with Gasteiger partial charge in [-0.05, 0) is 12.5 Å². The fraction of sp³-hybridized carbons (Fsp3) is 0.400. The molecule has 4 rings (SSSR count). The van der Waals surface area contributed by atoms with Crippen LogP contribution in [-0.2, 0) is 6.54 Å². The summed E-state index contributed by atoms with van der Waals surface area (Å²) in [4.78, 5) is 4.72. The van der Waals surface area contributed by atoms with E-state index in [-0.39, 0.29) is 19.6 Å². The van der Waals surface area contributed by atoms with E-state index >= 15 is 0 Å². The summed E-state index contributed by atoms with van der Waals surface area (Å²) in [5, 5.41) is 31.3. The average Bonchev–Trinajstić information content (AvgIpc) is 3.47. The number of aliphatic hydroxyl groups excluding tert-OH is 2. The van der Waals surface area contributed by atoms with Gasteiger partial charge in [-0.15, -0.1) is 0 Å². The first-order valence-electron chi connectivity index (χ1n) is 9.88. The summed E-state index contributed by atoms with van der Waals surface area (Å²) >= 11 is 0. The van der Waals surface area contributed by atoms with Gasteiger partial charge in [0.25, 0.3) is 5.92 Å². The van der Waals surface area contributed by atoms with Gasteiger partial charge in [-0.2, -0.15) is 15.3 Å². The third kappa shape index (κ3) is 4.19. The molecular weight excluding hydrogens is 408 g/mol. The molecule has 4 aromatic heterocycles. The van der Waals surface area contributed by atoms with E-state index in [0.29, 0.717) is 28.0 Å². The molecule has 0 aliphatic heterocycles. The fourth-order valence-electron chi connectivity index (χ4n) is 3.56. The lowest BCUT2D eigenvalue weighted by Crippen LogP contribution is -2.27. The molecule has 0 radical (unpaired) electrons. The molecule has 9 nitrogen and oxygen atoms in total. The summed E-state index contributed by atoms with van der Waals surface area (Å²) in [6.45, 7) is 2.37. The summed E-state index contributed by atoms with van der Waals surface area (Å²) in [6, 6.07) is 0.734. The largest absolute Gasteiger partial charge is 0.394 e. The Hall–Kier alpha value is -3.18. The quantitative estimate of drug-likeness (QED) is 0.444. The van der Waals surface area contributed by atoms with E-state index in [4.69, 9.17) is 10.1 Å². The summed E-state index contributed by atoms with van der Waals surface area (Å²) in [5.41, 5.74) is 3.11. The van der Waals surface area contributed by atoms with Crippen molar-refractivity contribution in [2.75, 3.05) is 6.61 Å². The molecular formula is C20H23F2N7O2. The maximum atomic E-state index is 14.0. The van der Waals surface area contributed by atoms with E-state index < -0.39 is 18.1 Å². The van der Waals surface area contributed by atoms with Gasteiger partial charge >= 0.3 is 0 Å². The van der Waals surface area contributed by atoms with Crippen LogP contribution in [0.15, 0.2) is 43.2 Å². The minimum atomic E-state index is -2.91. The molecule has 0 unspecified atom stereocenters. The van der Waals surface area contributed by atoms with E-state index in [9.17, 15) is 13.9 Å². The smallest absolute Gasteiger partial charge is 0.267 e. The first kappa shape index (κ1) is 21.1. The zero-order valence-corrected chi connectivity index (χ0v) is 17.1. The topological polar surface area (TPSA) is 106 Å². The van der Waals surface area contributed by atoms with Gasteiger partial charge in [0, 0.05) is 30.4 Å². The van der Waals surface area contributed by atoms with Crippen molar-refractivity contribution in [3.63, 3.8) is 0 Å². The van der Waals surface area contributed by atoms with Crippen molar-refractivity contribution >= 4 is 5.52 Å². The Balaban J connectivity index is 1.74. The van der Waals surface area contributed by atoms with Crippen molar-refractivity contribution in [2.45, 2.75) is 44.9 Å². The minimum Gasteiger partial charge on any atom is -0.394 e. The second-order valence-corrected chi connectivity index (χ2v) is 7.51. The monoisotopic (exact) mass is 431 g/mol. The van der Waals surface area contributed by atoms with E-state index in [1.165, 1.54) is 15.6 Å². The molecule has 2 N–H and O–H groups in total. The molecule has 0 saturated heterocycles. The van der Waals surface area contributed by atoms with Crippen LogP contribution in [0, 0.1) is 0 Å². The van der Waals surface area contributed by atoms with Gasteiger partial charge in [-0.3, -0.25) is 9.36 Å². The Kier molecular flexibility index (Phi) is 5.54. The van der Waals surface area contributed by atoms with Crippen molar-refractivity contribution in [3.8, 4) is 22.5 Å². The summed E-state index contributed by atoms with van der Waals surface area (Å²) in [6.07, 6.45) is 9.08. The van der Waals surface area contributed by atoms with Crippen LogP contribution in [0.5, 0.6) is 0 Å². The van der Waals surface area contributed by atoms with Crippen LogP contribution in [0.1, 0.15) is 26.3 Å². The van der Waals surface area contributed by atoms with Crippen LogP contribution in [-0.4, -0.2) is 63.0 Å². The Bertz CT molecular complexity index is 1180. The van der Waals surface area contributed by atoms with Gasteiger partial charge in [0.15, 0.2) is 0 Å². The van der Waals surface area contributed by atoms with Crippen LogP contribution in [0.3, 0.4) is 0 Å². The molecule has 164 valence electrons. The van der Waals surface area contributed by atoms with Gasteiger partial charge in [0.2, 0.25) is 0 Å². The molecule has 4 aromatic rings. The lowest BCUT2D eigenvalue weighted by molar-refractivity contribution is -0.0384. The lowest BCUT2D eigenvalue weighted by atomic mass is 10.1. The van der Waals surface area contributed by atoms with E-state index in [1.54, 1.807) is 48.5 Å². The summed E-state index contributed by atoms with van der Waals surface area (Å²) in [5.74, 6) is -2.91. The maximum Gasteiger partial charge on any atom is 0.267 e. The molecule has 0 saturated carbocycles. The molecule has 31 heavy (non-hydrogen) atoms. The molecule has 0 amide bonds. The Labute approximate surface area is 176 Å². The number of alkyl halides is 2. The third-order valence-corrected chi connectivity index (χ3v) is 5.09. The standard InChI is InChI=1S/C20H23F2N7O2/c1-3-18(20(2,21)22)29-9-14(7-25-29)19-17-4-5-23-28(17)11-16(26-19)13-6-24-27(8-13)10-15(31)12-30/h4-9,11,15,18,30-31H,3,10,12H2,1-2H3/t15-,18-/m1/s1. The highest BCUT2D eigenvalue weighted by Crippen LogP contribution is 2.33. The van der Waals surface area contributed by atoms with Crippen molar-refractivity contribution in [2.24, 2.45) is 0 Å². The van der Waals surface area contributed by atoms with E-state index in [2.05, 4.69) is 15.3 Å². The Morgan fingerprint density at radius 3 is 2.58 bits per heavy atom. The number of nitrogens with zero attached hydrogens (tertiary/aromatic N) is 7. The molecule has 0 spiro atoms. The molecule has 0 aliphatic rings. The van der Waals surface area contributed by atoms with Gasteiger partial charge < -0.3 is 10.2 Å². The Morgan fingerprint density at radius 1 is 1.10 bits per heavy atom. The van der Waals surface area contributed by atoms with Crippen molar-refractivity contribution in [3.05, 3.63) is 43.2 Å². The molecule has 11 heteroatoms. The molecule has 0 bridgehead atoms. The molecule has 2 atom stereocenters. The summed E-state index contributed by atoms with van der Waals surface area (Å²) in [7, 11) is 0. The van der Waals surface area contributed by atoms with Crippen molar-refractivity contribution in [1.82, 2.24) is 34.2 Å². The molecule has 0 aromatic carbocycles. The SMILES string of the molecule is CC[C@@H](n1cc(-c2nc(-c3cnn(C[C@@H](O)CO)c3)cn3nccc23)cn1)C(C)(F)F. The maximum absolute atomic E-state index is 14.0. The number of hydrogen-bond acceptors (Lipinski definition) is 6. The summed E-state index contributed by atoms with van der Waals surface area (Å²) < 4.78 is 32.4. The predicted octanol–water partition coefficient (Wildman–Crippen LogP) is 2.42. The van der Waals surface area contributed by atoms with E-state index in [1.807, 2.05) is 0 Å². The normalized spacial score (nSPS) is 14.3. The highest BCUT2D eigenvalue weighted by atomic mass is 19.3. The van der Waals surface area contributed by atoms with Crippen LogP contribution in [0.25, 0.3) is 28.0 Å². The van der Waals surface area contributed by atoms with Crippen LogP contribution in [0.4, 0.5) is 8.78 Å². The van der Waals surface area contributed by atoms with E-state index in [0.717, 1.165) is 6.92 Å². The number of rotatable bonds is 8. The fourth-order valence-corrected chi connectivity index (χ4v) is 3.56. The number of halogens is 2. The van der Waals surface area contributed by atoms with Gasteiger partial charge in [-0.25, -0.2) is 18.3 Å². The van der Waals surface area contributed by atoms with Crippen molar-refractivity contribution < 1.29 is 19.0 Å². The lowest BCUT2D eigenvalue weighted by Gasteiger charge is -2.22. The number of aromatic nitrogens is 7. The minimum absolute atomic E-state index is 0.143. The second kappa shape index (κ2) is 8.16. The third-order valence-electron chi connectivity index (χ3n) is 5.09. The highest BCUT2D eigenvalue weighted by Gasteiger charge is 2.35. The molecule has 4 heterocycles. The van der Waals surface area contributed by atoms with Crippen molar-refractivity contribution in [1.29, 1.82) is 0 Å². The average molecular weight is 431 g/mol. The second-order valence-electron chi connectivity index (χ2n) is 7.51. The highest BCUT2D eigenvalue weighted by molar-refractivity contribution is 5.78. The zero-order valence-electron chi connectivity index (χ0n) is 17.1. The van der Waals surface area contributed by atoms with Crippen LogP contribution in [0.2, 0.25) is 0 Å². The predicted molar refractivity (Wildman–Crippen MR) is 108 cm³/mol. The molecule has 0 fully saturated rings. The first-order valence-corrected chi connectivity index (χ1v) is 9.88. The van der Waals surface area contributed by atoms with Crippen LogP contribution < -0.4 is 0 Å².